The monoisotopic (exact) mass is 281 g/mol. The lowest BCUT2D eigenvalue weighted by Crippen LogP contribution is -2.30. The van der Waals surface area contributed by atoms with E-state index in [-0.39, 0.29) is 0 Å². The second-order valence-electron chi connectivity index (χ2n) is 6.26. The molecule has 3 heterocycles. The van der Waals surface area contributed by atoms with Gasteiger partial charge in [-0.2, -0.15) is 0 Å². The first-order chi connectivity index (χ1) is 10.4. The normalized spacial score (nSPS) is 19.4. The number of nitrogens with zero attached hydrogens (tertiary/aromatic N) is 3. The Balaban J connectivity index is 1.81. The van der Waals surface area contributed by atoms with E-state index in [0.29, 0.717) is 0 Å². The average molecular weight is 281 g/mol. The van der Waals surface area contributed by atoms with Gasteiger partial charge in [0.25, 0.3) is 0 Å². The van der Waals surface area contributed by atoms with Crippen LogP contribution in [0.3, 0.4) is 0 Å². The van der Waals surface area contributed by atoms with E-state index in [0.717, 1.165) is 18.6 Å². The van der Waals surface area contributed by atoms with Crippen LogP contribution in [0.1, 0.15) is 32.1 Å². The second kappa shape index (κ2) is 5.55. The summed E-state index contributed by atoms with van der Waals surface area (Å²) in [6.45, 7) is 4.69. The van der Waals surface area contributed by atoms with Gasteiger partial charge in [-0.15, -0.1) is 0 Å². The first kappa shape index (κ1) is 12.9. The van der Waals surface area contributed by atoms with E-state index in [1.54, 1.807) is 0 Å². The molecule has 0 amide bonds. The Labute approximate surface area is 126 Å². The van der Waals surface area contributed by atoms with Crippen LogP contribution in [-0.4, -0.2) is 31.2 Å². The van der Waals surface area contributed by atoms with Crippen LogP contribution in [0.5, 0.6) is 0 Å². The molecule has 2 aromatic rings. The summed E-state index contributed by atoms with van der Waals surface area (Å²) in [5.74, 6) is 1.17. The molecule has 0 bridgehead atoms. The number of pyridine rings is 1. The van der Waals surface area contributed by atoms with E-state index >= 15 is 0 Å². The van der Waals surface area contributed by atoms with Crippen LogP contribution in [0, 0.1) is 0 Å². The van der Waals surface area contributed by atoms with Gasteiger partial charge in [0.15, 0.2) is 0 Å². The minimum absolute atomic E-state index is 1.14. The van der Waals surface area contributed by atoms with Crippen molar-refractivity contribution >= 4 is 22.4 Å². The molecule has 0 aliphatic carbocycles. The molecule has 0 atom stereocenters. The van der Waals surface area contributed by atoms with Gasteiger partial charge in [0.05, 0.1) is 5.52 Å². The van der Waals surface area contributed by atoms with Crippen molar-refractivity contribution in [2.24, 2.45) is 0 Å². The van der Waals surface area contributed by atoms with E-state index in [2.05, 4.69) is 40.1 Å². The molecule has 0 radical (unpaired) electrons. The maximum atomic E-state index is 4.91. The molecule has 0 spiro atoms. The van der Waals surface area contributed by atoms with Gasteiger partial charge in [-0.1, -0.05) is 18.2 Å². The molecule has 1 aromatic carbocycles. The smallest absolute Gasteiger partial charge is 0.131 e. The lowest BCUT2D eigenvalue weighted by molar-refractivity contribution is 0.579. The molecule has 2 aliphatic rings. The van der Waals surface area contributed by atoms with Crippen LogP contribution in [0.15, 0.2) is 30.3 Å². The Kier molecular flexibility index (Phi) is 3.42. The fourth-order valence-corrected chi connectivity index (χ4v) is 3.65. The van der Waals surface area contributed by atoms with E-state index in [1.807, 2.05) is 0 Å². The topological polar surface area (TPSA) is 19.4 Å². The number of hydrogen-bond donors (Lipinski definition) is 0. The van der Waals surface area contributed by atoms with Crippen LogP contribution in [0.4, 0.5) is 11.5 Å². The van der Waals surface area contributed by atoms with Gasteiger partial charge in [-0.25, -0.2) is 4.98 Å². The fraction of sp³-hybridized carbons (Fsp3) is 0.500. The summed E-state index contributed by atoms with van der Waals surface area (Å²) in [7, 11) is 0. The Hall–Kier alpha value is -1.77. The summed E-state index contributed by atoms with van der Waals surface area (Å²) >= 11 is 0. The van der Waals surface area contributed by atoms with Gasteiger partial charge in [-0.05, 0) is 38.2 Å². The van der Waals surface area contributed by atoms with Gasteiger partial charge in [0, 0.05) is 43.3 Å². The minimum Gasteiger partial charge on any atom is -0.371 e. The SMILES string of the molecule is c1ccc2c(N3CCCCC3)cc(N3CCCC3)nc2c1. The van der Waals surface area contributed by atoms with Crippen molar-refractivity contribution < 1.29 is 0 Å². The number of benzene rings is 1. The first-order valence-electron chi connectivity index (χ1n) is 8.31. The summed E-state index contributed by atoms with van der Waals surface area (Å²) < 4.78 is 0. The van der Waals surface area contributed by atoms with Gasteiger partial charge in [0.2, 0.25) is 0 Å². The maximum Gasteiger partial charge on any atom is 0.131 e. The third-order valence-corrected chi connectivity index (χ3v) is 4.81. The maximum absolute atomic E-state index is 4.91. The predicted octanol–water partition coefficient (Wildman–Crippen LogP) is 3.83. The number of rotatable bonds is 2. The Bertz CT molecular complexity index is 625. The third kappa shape index (κ3) is 2.45. The Morgan fingerprint density at radius 3 is 2.24 bits per heavy atom. The van der Waals surface area contributed by atoms with Crippen molar-refractivity contribution in [2.45, 2.75) is 32.1 Å². The highest BCUT2D eigenvalue weighted by Crippen LogP contribution is 2.32. The highest BCUT2D eigenvalue weighted by Gasteiger charge is 2.19. The van der Waals surface area contributed by atoms with Crippen LogP contribution < -0.4 is 9.80 Å². The highest BCUT2D eigenvalue weighted by atomic mass is 15.2. The van der Waals surface area contributed by atoms with Crippen molar-refractivity contribution in [3.63, 3.8) is 0 Å². The van der Waals surface area contributed by atoms with E-state index in [9.17, 15) is 0 Å². The molecule has 2 saturated heterocycles. The molecule has 1 aromatic heterocycles. The lowest BCUT2D eigenvalue weighted by Gasteiger charge is -2.31. The molecule has 2 aliphatic heterocycles. The molecular weight excluding hydrogens is 258 g/mol. The lowest BCUT2D eigenvalue weighted by atomic mass is 10.1. The summed E-state index contributed by atoms with van der Waals surface area (Å²) in [6.07, 6.45) is 6.60. The summed E-state index contributed by atoms with van der Waals surface area (Å²) in [4.78, 5) is 9.92. The molecule has 3 heteroatoms. The van der Waals surface area contributed by atoms with Crippen LogP contribution in [0.25, 0.3) is 10.9 Å². The van der Waals surface area contributed by atoms with Crippen molar-refractivity contribution in [1.29, 1.82) is 0 Å². The molecule has 2 fully saturated rings. The van der Waals surface area contributed by atoms with Crippen LogP contribution in [0.2, 0.25) is 0 Å². The van der Waals surface area contributed by atoms with Crippen LogP contribution in [-0.2, 0) is 0 Å². The Morgan fingerprint density at radius 1 is 0.762 bits per heavy atom. The van der Waals surface area contributed by atoms with Gasteiger partial charge in [-0.3, -0.25) is 0 Å². The fourth-order valence-electron chi connectivity index (χ4n) is 3.65. The van der Waals surface area contributed by atoms with Crippen molar-refractivity contribution in [1.82, 2.24) is 4.98 Å². The van der Waals surface area contributed by atoms with Crippen LogP contribution >= 0.6 is 0 Å². The molecule has 110 valence electrons. The van der Waals surface area contributed by atoms with E-state index in [4.69, 9.17) is 4.98 Å². The summed E-state index contributed by atoms with van der Waals surface area (Å²) in [5, 5.41) is 1.31. The number of piperidine rings is 1. The summed E-state index contributed by atoms with van der Waals surface area (Å²) in [5.41, 5.74) is 2.53. The molecule has 0 unspecified atom stereocenters. The number of fused-ring (bicyclic) bond motifs is 1. The highest BCUT2D eigenvalue weighted by molar-refractivity contribution is 5.93. The first-order valence-corrected chi connectivity index (χ1v) is 8.31. The predicted molar refractivity (Wildman–Crippen MR) is 89.3 cm³/mol. The third-order valence-electron chi connectivity index (χ3n) is 4.81. The zero-order valence-electron chi connectivity index (χ0n) is 12.6. The van der Waals surface area contributed by atoms with E-state index in [1.165, 1.54) is 62.1 Å². The average Bonchev–Trinajstić information content (AvgIpc) is 3.09. The molecule has 4 rings (SSSR count). The van der Waals surface area contributed by atoms with E-state index < -0.39 is 0 Å². The molecule has 21 heavy (non-hydrogen) atoms. The van der Waals surface area contributed by atoms with Gasteiger partial charge < -0.3 is 9.80 Å². The quantitative estimate of drug-likeness (QED) is 0.834. The number of hydrogen-bond acceptors (Lipinski definition) is 3. The molecule has 0 N–H and O–H groups in total. The minimum atomic E-state index is 1.14. The number of para-hydroxylation sites is 1. The molecule has 3 nitrogen and oxygen atoms in total. The zero-order chi connectivity index (χ0) is 14.1. The van der Waals surface area contributed by atoms with Crippen molar-refractivity contribution in [3.8, 4) is 0 Å². The zero-order valence-corrected chi connectivity index (χ0v) is 12.6. The summed E-state index contributed by atoms with van der Waals surface area (Å²) in [6, 6.07) is 10.9. The Morgan fingerprint density at radius 2 is 1.43 bits per heavy atom. The molecular formula is C18H23N3. The second-order valence-corrected chi connectivity index (χ2v) is 6.26. The number of anilines is 2. The van der Waals surface area contributed by atoms with Gasteiger partial charge >= 0.3 is 0 Å². The molecule has 0 saturated carbocycles. The largest absolute Gasteiger partial charge is 0.371 e. The van der Waals surface area contributed by atoms with Crippen molar-refractivity contribution in [2.75, 3.05) is 36.0 Å². The van der Waals surface area contributed by atoms with Gasteiger partial charge in [0.1, 0.15) is 5.82 Å². The van der Waals surface area contributed by atoms with Crippen molar-refractivity contribution in [3.05, 3.63) is 30.3 Å². The number of aromatic nitrogens is 1. The standard InChI is InChI=1S/C18H23N3/c1-4-10-20(11-5-1)17-14-18(21-12-6-7-13-21)19-16-9-3-2-8-15(16)17/h2-3,8-9,14H,1,4-7,10-13H2.